The zero-order chi connectivity index (χ0) is 7.56. The zero-order valence-electron chi connectivity index (χ0n) is 4.84. The average molecular weight is 204 g/mol. The Morgan fingerprint density at radius 3 is 2.90 bits per heavy atom. The highest BCUT2D eigenvalue weighted by molar-refractivity contribution is 9.10. The third kappa shape index (κ3) is 1.39. The predicted molar refractivity (Wildman–Crippen MR) is 37.3 cm³/mol. The van der Waals surface area contributed by atoms with E-state index in [1.165, 1.54) is 6.07 Å². The number of halogens is 2. The number of carbonyl (C=O) groups excluding carboxylic acids is 1. The van der Waals surface area contributed by atoms with E-state index < -0.39 is 5.82 Å². The van der Waals surface area contributed by atoms with Crippen molar-refractivity contribution in [3.63, 3.8) is 0 Å². The Morgan fingerprint density at radius 1 is 1.70 bits per heavy atom. The molecule has 0 saturated heterocycles. The van der Waals surface area contributed by atoms with Crippen LogP contribution in [0.15, 0.2) is 16.7 Å². The molecule has 0 radical (unpaired) electrons. The van der Waals surface area contributed by atoms with Gasteiger partial charge in [0.25, 0.3) is 0 Å². The second-order valence-corrected chi connectivity index (χ2v) is 2.50. The van der Waals surface area contributed by atoms with E-state index in [1.54, 1.807) is 0 Å². The molecular formula is C6H3BrFNO. The first kappa shape index (κ1) is 7.34. The minimum Gasteiger partial charge on any atom is -0.296 e. The number of hydrogen-bond acceptors (Lipinski definition) is 2. The lowest BCUT2D eigenvalue weighted by Gasteiger charge is -1.91. The molecule has 52 valence electrons. The van der Waals surface area contributed by atoms with E-state index in [-0.39, 0.29) is 10.2 Å². The number of rotatable bonds is 1. The fraction of sp³-hybridized carbons (Fsp3) is 0. The van der Waals surface area contributed by atoms with Crippen molar-refractivity contribution in [2.24, 2.45) is 0 Å². The lowest BCUT2D eigenvalue weighted by atomic mass is 10.4. The summed E-state index contributed by atoms with van der Waals surface area (Å²) in [6, 6.07) is 1.32. The number of aldehydes is 1. The highest BCUT2D eigenvalue weighted by Gasteiger charge is 1.99. The third-order valence-corrected chi connectivity index (χ3v) is 1.56. The van der Waals surface area contributed by atoms with Gasteiger partial charge in [0.2, 0.25) is 0 Å². The molecule has 0 unspecified atom stereocenters. The van der Waals surface area contributed by atoms with Gasteiger partial charge in [0, 0.05) is 0 Å². The van der Waals surface area contributed by atoms with Crippen molar-refractivity contribution in [1.82, 2.24) is 4.98 Å². The van der Waals surface area contributed by atoms with E-state index in [0.717, 1.165) is 6.20 Å². The topological polar surface area (TPSA) is 30.0 Å². The van der Waals surface area contributed by atoms with Gasteiger partial charge in [-0.3, -0.25) is 9.78 Å². The zero-order valence-corrected chi connectivity index (χ0v) is 6.43. The van der Waals surface area contributed by atoms with E-state index in [4.69, 9.17) is 0 Å². The van der Waals surface area contributed by atoms with Gasteiger partial charge in [-0.2, -0.15) is 0 Å². The van der Waals surface area contributed by atoms with Gasteiger partial charge in [0.05, 0.1) is 10.7 Å². The Kier molecular flexibility index (Phi) is 2.11. The van der Waals surface area contributed by atoms with E-state index in [9.17, 15) is 9.18 Å². The normalized spacial score (nSPS) is 9.40. The van der Waals surface area contributed by atoms with Crippen molar-refractivity contribution in [2.75, 3.05) is 0 Å². The molecule has 1 rings (SSSR count). The van der Waals surface area contributed by atoms with Gasteiger partial charge in [-0.1, -0.05) is 0 Å². The van der Waals surface area contributed by atoms with Crippen LogP contribution in [-0.2, 0) is 0 Å². The average Bonchev–Trinajstić information content (AvgIpc) is 1.95. The molecule has 1 aromatic rings. The van der Waals surface area contributed by atoms with Crippen LogP contribution in [0.4, 0.5) is 4.39 Å². The van der Waals surface area contributed by atoms with Crippen molar-refractivity contribution < 1.29 is 9.18 Å². The lowest BCUT2D eigenvalue weighted by Crippen LogP contribution is -1.87. The summed E-state index contributed by atoms with van der Waals surface area (Å²) in [7, 11) is 0. The van der Waals surface area contributed by atoms with Crippen molar-refractivity contribution in [3.8, 4) is 0 Å². The fourth-order valence-corrected chi connectivity index (χ4v) is 0.830. The highest BCUT2D eigenvalue weighted by Crippen LogP contribution is 2.13. The van der Waals surface area contributed by atoms with Crippen LogP contribution in [0.5, 0.6) is 0 Å². The first-order valence-corrected chi connectivity index (χ1v) is 3.29. The molecule has 0 aliphatic heterocycles. The maximum atomic E-state index is 12.4. The SMILES string of the molecule is O=Cc1cc(Br)c(F)cn1. The summed E-state index contributed by atoms with van der Waals surface area (Å²) in [5.41, 5.74) is 0.216. The van der Waals surface area contributed by atoms with Crippen molar-refractivity contribution >= 4 is 22.2 Å². The number of pyridine rings is 1. The van der Waals surface area contributed by atoms with Crippen LogP contribution in [0.1, 0.15) is 10.5 Å². The van der Waals surface area contributed by atoms with Gasteiger partial charge < -0.3 is 0 Å². The molecule has 0 saturated carbocycles. The highest BCUT2D eigenvalue weighted by atomic mass is 79.9. The summed E-state index contributed by atoms with van der Waals surface area (Å²) in [6.45, 7) is 0. The molecule has 0 aliphatic rings. The summed E-state index contributed by atoms with van der Waals surface area (Å²) in [4.78, 5) is 13.5. The Hall–Kier alpha value is -0.770. The van der Waals surface area contributed by atoms with Crippen LogP contribution in [0.3, 0.4) is 0 Å². The van der Waals surface area contributed by atoms with Gasteiger partial charge in [0.1, 0.15) is 5.69 Å². The standard InChI is InChI=1S/C6H3BrFNO/c7-5-1-4(3-10)9-2-6(5)8/h1-3H. The quantitative estimate of drug-likeness (QED) is 0.652. The molecule has 0 N–H and O–H groups in total. The van der Waals surface area contributed by atoms with Crippen molar-refractivity contribution in [1.29, 1.82) is 0 Å². The monoisotopic (exact) mass is 203 g/mol. The first-order chi connectivity index (χ1) is 4.74. The molecule has 0 fully saturated rings. The molecule has 1 heterocycles. The molecule has 4 heteroatoms. The fourth-order valence-electron chi connectivity index (χ4n) is 0.493. The molecule has 0 amide bonds. The van der Waals surface area contributed by atoms with Gasteiger partial charge in [0.15, 0.2) is 12.1 Å². The molecule has 0 atom stereocenters. The molecule has 2 nitrogen and oxygen atoms in total. The van der Waals surface area contributed by atoms with E-state index in [0.29, 0.717) is 6.29 Å². The Morgan fingerprint density at radius 2 is 2.40 bits per heavy atom. The minimum atomic E-state index is -0.467. The van der Waals surface area contributed by atoms with E-state index >= 15 is 0 Å². The van der Waals surface area contributed by atoms with Crippen LogP contribution in [-0.4, -0.2) is 11.3 Å². The predicted octanol–water partition coefficient (Wildman–Crippen LogP) is 1.80. The summed E-state index contributed by atoms with van der Waals surface area (Å²) >= 11 is 2.91. The maximum Gasteiger partial charge on any atom is 0.168 e. The largest absolute Gasteiger partial charge is 0.296 e. The smallest absolute Gasteiger partial charge is 0.168 e. The second-order valence-electron chi connectivity index (χ2n) is 1.64. The Labute approximate surface area is 65.2 Å². The molecule has 0 aliphatic carbocycles. The summed E-state index contributed by atoms with van der Waals surface area (Å²) in [5.74, 6) is -0.467. The maximum absolute atomic E-state index is 12.4. The van der Waals surface area contributed by atoms with Crippen LogP contribution in [0, 0.1) is 5.82 Å². The van der Waals surface area contributed by atoms with Crippen molar-refractivity contribution in [2.45, 2.75) is 0 Å². The Balaban J connectivity index is 3.16. The molecule has 0 spiro atoms. The van der Waals surface area contributed by atoms with Crippen LogP contribution in [0.2, 0.25) is 0 Å². The van der Waals surface area contributed by atoms with Gasteiger partial charge in [-0.05, 0) is 22.0 Å². The van der Waals surface area contributed by atoms with Crippen molar-refractivity contribution in [3.05, 3.63) is 28.2 Å². The number of hydrogen-bond donors (Lipinski definition) is 0. The second kappa shape index (κ2) is 2.88. The lowest BCUT2D eigenvalue weighted by molar-refractivity contribution is 0.111. The van der Waals surface area contributed by atoms with E-state index in [2.05, 4.69) is 20.9 Å². The van der Waals surface area contributed by atoms with E-state index in [1.807, 2.05) is 0 Å². The molecule has 10 heavy (non-hydrogen) atoms. The van der Waals surface area contributed by atoms with Gasteiger partial charge in [-0.25, -0.2) is 4.39 Å². The third-order valence-electron chi connectivity index (χ3n) is 0.950. The van der Waals surface area contributed by atoms with Crippen LogP contribution < -0.4 is 0 Å². The Bertz CT molecular complexity index is 264. The summed E-state index contributed by atoms with van der Waals surface area (Å²) < 4.78 is 12.7. The molecule has 0 bridgehead atoms. The van der Waals surface area contributed by atoms with Crippen LogP contribution >= 0.6 is 15.9 Å². The summed E-state index contributed by atoms with van der Waals surface area (Å²) in [6.07, 6.45) is 1.55. The summed E-state index contributed by atoms with van der Waals surface area (Å²) in [5, 5.41) is 0. The molecule has 0 aromatic carbocycles. The number of nitrogens with zero attached hydrogens (tertiary/aromatic N) is 1. The number of aromatic nitrogens is 1. The minimum absolute atomic E-state index is 0.216. The number of carbonyl (C=O) groups is 1. The van der Waals surface area contributed by atoms with Gasteiger partial charge in [-0.15, -0.1) is 0 Å². The van der Waals surface area contributed by atoms with Crippen LogP contribution in [0.25, 0.3) is 0 Å². The molecular weight excluding hydrogens is 201 g/mol. The first-order valence-electron chi connectivity index (χ1n) is 2.50. The van der Waals surface area contributed by atoms with Gasteiger partial charge >= 0.3 is 0 Å². The molecule has 1 aromatic heterocycles.